The van der Waals surface area contributed by atoms with Crippen LogP contribution in [0.15, 0.2) is 0 Å². The maximum atomic E-state index is 11.7. The first-order valence-electron chi connectivity index (χ1n) is 4.57. The number of aliphatic hydroxyl groups is 1. The molecule has 0 radical (unpaired) electrons. The topological polar surface area (TPSA) is 77.8 Å². The number of likely N-dealkylation sites (N-methyl/N-ethyl adjacent to an activating group) is 1. The third-order valence-corrected chi connectivity index (χ3v) is 2.81. The van der Waals surface area contributed by atoms with Crippen molar-refractivity contribution >= 4 is 11.9 Å². The minimum Gasteiger partial charge on any atom is -0.480 e. The molecule has 1 unspecified atom stereocenters. The van der Waals surface area contributed by atoms with E-state index in [1.54, 1.807) is 6.92 Å². The molecule has 0 heterocycles. The second-order valence-electron chi connectivity index (χ2n) is 3.83. The van der Waals surface area contributed by atoms with Crippen LogP contribution < -0.4 is 0 Å². The first kappa shape index (κ1) is 11.0. The zero-order chi connectivity index (χ0) is 10.9. The molecule has 1 saturated carbocycles. The number of carbonyl (C=O) groups is 2. The Kier molecular flexibility index (Phi) is 2.80. The summed E-state index contributed by atoms with van der Waals surface area (Å²) in [5.41, 5.74) is -1.20. The lowest BCUT2D eigenvalue weighted by Gasteiger charge is -2.26. The van der Waals surface area contributed by atoms with Gasteiger partial charge in [0.15, 0.2) is 0 Å². The van der Waals surface area contributed by atoms with Crippen molar-refractivity contribution in [1.29, 1.82) is 0 Å². The van der Waals surface area contributed by atoms with Crippen molar-refractivity contribution in [3.63, 3.8) is 0 Å². The van der Waals surface area contributed by atoms with Gasteiger partial charge in [-0.15, -0.1) is 0 Å². The fourth-order valence-corrected chi connectivity index (χ4v) is 1.30. The number of carboxylic acid groups (broad SMARTS) is 1. The Balaban J connectivity index is 2.71. The predicted molar refractivity (Wildman–Crippen MR) is 48.6 cm³/mol. The molecule has 1 atom stereocenters. The van der Waals surface area contributed by atoms with Crippen LogP contribution in [-0.4, -0.2) is 46.7 Å². The molecule has 14 heavy (non-hydrogen) atoms. The highest BCUT2D eigenvalue weighted by atomic mass is 16.4. The minimum absolute atomic E-state index is 0.155. The summed E-state index contributed by atoms with van der Waals surface area (Å²) < 4.78 is 0. The maximum absolute atomic E-state index is 11.7. The number of hydrogen-bond donors (Lipinski definition) is 2. The van der Waals surface area contributed by atoms with E-state index < -0.39 is 17.3 Å². The summed E-state index contributed by atoms with van der Waals surface area (Å²) in [6.07, 6.45) is 0.813. The lowest BCUT2D eigenvalue weighted by molar-refractivity contribution is -0.154. The summed E-state index contributed by atoms with van der Waals surface area (Å²) in [6.45, 7) is 1.52. The first-order valence-corrected chi connectivity index (χ1v) is 4.57. The van der Waals surface area contributed by atoms with E-state index in [-0.39, 0.29) is 12.6 Å². The van der Waals surface area contributed by atoms with Gasteiger partial charge in [-0.1, -0.05) is 0 Å². The molecule has 0 aromatic carbocycles. The molecular formula is C9H15NO4. The van der Waals surface area contributed by atoms with E-state index in [0.29, 0.717) is 12.8 Å². The van der Waals surface area contributed by atoms with E-state index in [1.165, 1.54) is 11.9 Å². The van der Waals surface area contributed by atoms with E-state index in [2.05, 4.69) is 0 Å². The third-order valence-electron chi connectivity index (χ3n) is 2.81. The number of hydrogen-bond acceptors (Lipinski definition) is 3. The molecule has 1 aliphatic carbocycles. The molecule has 1 fully saturated rings. The summed E-state index contributed by atoms with van der Waals surface area (Å²) in [4.78, 5) is 23.8. The van der Waals surface area contributed by atoms with E-state index in [0.717, 1.165) is 0 Å². The zero-order valence-corrected chi connectivity index (χ0v) is 8.36. The molecule has 5 heteroatoms. The largest absolute Gasteiger partial charge is 0.480 e. The van der Waals surface area contributed by atoms with Crippen molar-refractivity contribution in [2.45, 2.75) is 25.8 Å². The molecule has 80 valence electrons. The first-order chi connectivity index (χ1) is 6.45. The van der Waals surface area contributed by atoms with Gasteiger partial charge in [0.1, 0.15) is 5.41 Å². The minimum atomic E-state index is -1.20. The van der Waals surface area contributed by atoms with Crippen molar-refractivity contribution in [2.75, 3.05) is 13.7 Å². The van der Waals surface area contributed by atoms with Crippen LogP contribution in [-0.2, 0) is 9.59 Å². The van der Waals surface area contributed by atoms with Crippen molar-refractivity contribution < 1.29 is 19.8 Å². The molecular weight excluding hydrogens is 186 g/mol. The summed E-state index contributed by atoms with van der Waals surface area (Å²) in [6, 6.07) is -0.334. The molecule has 1 amide bonds. The average Bonchev–Trinajstić information content (AvgIpc) is 2.95. The van der Waals surface area contributed by atoms with Crippen LogP contribution in [0.1, 0.15) is 19.8 Å². The Labute approximate surface area is 82.3 Å². The van der Waals surface area contributed by atoms with Crippen molar-refractivity contribution in [3.05, 3.63) is 0 Å². The van der Waals surface area contributed by atoms with Gasteiger partial charge < -0.3 is 15.1 Å². The highest BCUT2D eigenvalue weighted by molar-refractivity contribution is 6.04. The number of amides is 1. The van der Waals surface area contributed by atoms with Gasteiger partial charge >= 0.3 is 5.97 Å². The Morgan fingerprint density at radius 3 is 2.29 bits per heavy atom. The Morgan fingerprint density at radius 2 is 2.00 bits per heavy atom. The molecule has 0 aliphatic heterocycles. The highest BCUT2D eigenvalue weighted by Gasteiger charge is 2.58. The predicted octanol–water partition coefficient (Wildman–Crippen LogP) is -0.310. The summed E-state index contributed by atoms with van der Waals surface area (Å²) in [5, 5.41) is 17.7. The van der Waals surface area contributed by atoms with Gasteiger partial charge in [0.2, 0.25) is 5.91 Å². The monoisotopic (exact) mass is 201 g/mol. The third kappa shape index (κ3) is 1.59. The van der Waals surface area contributed by atoms with Gasteiger partial charge in [0.25, 0.3) is 0 Å². The van der Waals surface area contributed by atoms with E-state index in [4.69, 9.17) is 10.2 Å². The van der Waals surface area contributed by atoms with Gasteiger partial charge in [-0.05, 0) is 19.8 Å². The Morgan fingerprint density at radius 1 is 1.50 bits per heavy atom. The summed E-state index contributed by atoms with van der Waals surface area (Å²) in [5.74, 6) is -1.45. The van der Waals surface area contributed by atoms with Gasteiger partial charge in [0.05, 0.1) is 12.6 Å². The number of aliphatic carboxylic acids is 1. The maximum Gasteiger partial charge on any atom is 0.319 e. The molecule has 1 rings (SSSR count). The normalized spacial score (nSPS) is 19.9. The quantitative estimate of drug-likeness (QED) is 0.612. The van der Waals surface area contributed by atoms with E-state index >= 15 is 0 Å². The SMILES string of the molecule is CC(CO)N(C)C(=O)C1(C(=O)O)CC1. The van der Waals surface area contributed by atoms with Crippen LogP contribution in [0.4, 0.5) is 0 Å². The van der Waals surface area contributed by atoms with Gasteiger partial charge in [0, 0.05) is 7.05 Å². The number of carboxylic acids is 1. The standard InChI is InChI=1S/C9H15NO4/c1-6(5-11)10(2)7(12)9(3-4-9)8(13)14/h6,11H,3-5H2,1-2H3,(H,13,14). The Bertz CT molecular complexity index is 260. The fourth-order valence-electron chi connectivity index (χ4n) is 1.30. The van der Waals surface area contributed by atoms with E-state index in [1.807, 2.05) is 0 Å². The second-order valence-corrected chi connectivity index (χ2v) is 3.83. The fraction of sp³-hybridized carbons (Fsp3) is 0.778. The molecule has 0 saturated heterocycles. The number of aliphatic hydroxyl groups excluding tert-OH is 1. The van der Waals surface area contributed by atoms with Crippen LogP contribution >= 0.6 is 0 Å². The lowest BCUT2D eigenvalue weighted by atomic mass is 10.1. The molecule has 0 aromatic heterocycles. The molecule has 0 spiro atoms. The smallest absolute Gasteiger partial charge is 0.319 e. The van der Waals surface area contributed by atoms with Crippen molar-refractivity contribution in [2.24, 2.45) is 5.41 Å². The lowest BCUT2D eigenvalue weighted by Crippen LogP contribution is -2.44. The second kappa shape index (κ2) is 3.57. The number of rotatable bonds is 4. The summed E-state index contributed by atoms with van der Waals surface area (Å²) >= 11 is 0. The van der Waals surface area contributed by atoms with Crippen molar-refractivity contribution in [1.82, 2.24) is 4.90 Å². The van der Waals surface area contributed by atoms with Gasteiger partial charge in [-0.25, -0.2) is 0 Å². The molecule has 1 aliphatic rings. The number of nitrogens with zero attached hydrogens (tertiary/aromatic N) is 1. The zero-order valence-electron chi connectivity index (χ0n) is 8.36. The number of carbonyl (C=O) groups excluding carboxylic acids is 1. The van der Waals surface area contributed by atoms with Crippen LogP contribution in [0.5, 0.6) is 0 Å². The van der Waals surface area contributed by atoms with Crippen LogP contribution in [0.2, 0.25) is 0 Å². The molecule has 0 aromatic rings. The average molecular weight is 201 g/mol. The van der Waals surface area contributed by atoms with Gasteiger partial charge in [-0.2, -0.15) is 0 Å². The van der Waals surface area contributed by atoms with E-state index in [9.17, 15) is 9.59 Å². The molecule has 5 nitrogen and oxygen atoms in total. The molecule has 0 bridgehead atoms. The van der Waals surface area contributed by atoms with Crippen molar-refractivity contribution in [3.8, 4) is 0 Å². The molecule has 2 N–H and O–H groups in total. The Hall–Kier alpha value is -1.10. The van der Waals surface area contributed by atoms with Crippen LogP contribution in [0.3, 0.4) is 0 Å². The van der Waals surface area contributed by atoms with Crippen LogP contribution in [0.25, 0.3) is 0 Å². The summed E-state index contributed by atoms with van der Waals surface area (Å²) in [7, 11) is 1.52. The highest BCUT2D eigenvalue weighted by Crippen LogP contribution is 2.47. The van der Waals surface area contributed by atoms with Gasteiger partial charge in [-0.3, -0.25) is 9.59 Å². The van der Waals surface area contributed by atoms with Crippen LogP contribution in [0, 0.1) is 5.41 Å².